The number of Topliss-reactive ketones (excluding diaryl/α,β-unsaturated/α-hetero) is 1. The molecule has 0 saturated heterocycles. The van der Waals surface area contributed by atoms with Gasteiger partial charge < -0.3 is 4.98 Å². The van der Waals surface area contributed by atoms with Gasteiger partial charge in [-0.3, -0.25) is 9.59 Å². The highest BCUT2D eigenvalue weighted by atomic mass is 32.1. The van der Waals surface area contributed by atoms with Crippen LogP contribution in [0.25, 0.3) is 12.2 Å². The van der Waals surface area contributed by atoms with Crippen molar-refractivity contribution in [2.24, 2.45) is 5.41 Å². The van der Waals surface area contributed by atoms with Crippen LogP contribution in [-0.2, 0) is 4.79 Å². The molecule has 1 aromatic heterocycles. The molecule has 2 rings (SSSR count). The number of aryl methyl sites for hydroxylation is 2. The molecule has 0 saturated carbocycles. The van der Waals surface area contributed by atoms with Gasteiger partial charge in [0.1, 0.15) is 0 Å². The van der Waals surface area contributed by atoms with Crippen molar-refractivity contribution >= 4 is 29.3 Å². The van der Waals surface area contributed by atoms with Gasteiger partial charge in [0, 0.05) is 11.5 Å². The molecule has 0 amide bonds. The Morgan fingerprint density at radius 1 is 1.18 bits per heavy atom. The normalized spacial score (nSPS) is 13.7. The number of aromatic nitrogens is 1. The van der Waals surface area contributed by atoms with Gasteiger partial charge in [0.05, 0.1) is 9.20 Å². The lowest BCUT2D eigenvalue weighted by Gasteiger charge is -2.12. The second-order valence-electron chi connectivity index (χ2n) is 6.53. The lowest BCUT2D eigenvalue weighted by molar-refractivity contribution is -0.119. The molecule has 0 radical (unpaired) electrons. The van der Waals surface area contributed by atoms with Gasteiger partial charge in [0.25, 0.3) is 5.56 Å². The number of ketones is 1. The predicted molar refractivity (Wildman–Crippen MR) is 92.6 cm³/mol. The third-order valence-electron chi connectivity index (χ3n) is 3.51. The van der Waals surface area contributed by atoms with Crippen LogP contribution in [0.3, 0.4) is 0 Å². The molecule has 1 aromatic carbocycles. The van der Waals surface area contributed by atoms with Gasteiger partial charge in [0.15, 0.2) is 5.78 Å². The van der Waals surface area contributed by atoms with Crippen molar-refractivity contribution in [1.29, 1.82) is 0 Å². The van der Waals surface area contributed by atoms with E-state index in [-0.39, 0.29) is 11.3 Å². The largest absolute Gasteiger partial charge is 0.313 e. The molecular formula is C18H21NO2S. The van der Waals surface area contributed by atoms with Crippen molar-refractivity contribution in [2.75, 3.05) is 0 Å². The average Bonchev–Trinajstić information content (AvgIpc) is 2.73. The fraction of sp³-hybridized carbons (Fsp3) is 0.333. The van der Waals surface area contributed by atoms with E-state index >= 15 is 0 Å². The summed E-state index contributed by atoms with van der Waals surface area (Å²) in [6, 6.07) is 6.09. The minimum Gasteiger partial charge on any atom is -0.313 e. The fourth-order valence-electron chi connectivity index (χ4n) is 1.87. The smallest absolute Gasteiger partial charge is 0.266 e. The summed E-state index contributed by atoms with van der Waals surface area (Å²) in [5, 5.41) is 0. The number of hydrogen-bond donors (Lipinski definition) is 1. The minimum absolute atomic E-state index is 0.00253. The summed E-state index contributed by atoms with van der Waals surface area (Å²) in [6.07, 6.45) is 3.37. The molecule has 1 N–H and O–H groups in total. The summed E-state index contributed by atoms with van der Waals surface area (Å²) < 4.78 is 1.20. The standard InChI is InChI=1S/C18H21NO2S/c1-11-6-7-13(8-12(11)2)9-14-17(21)19-16(22-14)10-15(20)18(3,4)5/h6-10H,1-5H3,(H,19,21)/b14-9+,16-10+. The van der Waals surface area contributed by atoms with Crippen LogP contribution >= 0.6 is 11.3 Å². The Balaban J connectivity index is 2.48. The maximum absolute atomic E-state index is 12.0. The van der Waals surface area contributed by atoms with Gasteiger partial charge >= 0.3 is 0 Å². The SMILES string of the molecule is Cc1ccc(/C=c2/s/c(=C/C(=O)C(C)(C)C)[nH]c2=O)cc1C. The van der Waals surface area contributed by atoms with Gasteiger partial charge in [-0.1, -0.05) is 39.0 Å². The second kappa shape index (κ2) is 6.05. The zero-order chi connectivity index (χ0) is 16.5. The van der Waals surface area contributed by atoms with Crippen LogP contribution in [0, 0.1) is 19.3 Å². The van der Waals surface area contributed by atoms with E-state index in [0.717, 1.165) is 5.56 Å². The van der Waals surface area contributed by atoms with E-state index in [9.17, 15) is 9.59 Å². The van der Waals surface area contributed by atoms with E-state index in [1.165, 1.54) is 28.5 Å². The maximum atomic E-state index is 12.0. The number of carbonyl (C=O) groups is 1. The number of carbonyl (C=O) groups excluding carboxylic acids is 1. The summed E-state index contributed by atoms with van der Waals surface area (Å²) in [4.78, 5) is 26.8. The molecule has 0 aliphatic heterocycles. The molecule has 116 valence electrons. The fourth-order valence-corrected chi connectivity index (χ4v) is 2.75. The number of H-pyrrole nitrogens is 1. The lowest BCUT2D eigenvalue weighted by Crippen LogP contribution is -2.22. The topological polar surface area (TPSA) is 49.9 Å². The number of nitrogens with one attached hydrogen (secondary N) is 1. The first-order valence-corrected chi connectivity index (χ1v) is 8.03. The highest BCUT2D eigenvalue weighted by Crippen LogP contribution is 2.14. The van der Waals surface area contributed by atoms with Crippen molar-refractivity contribution < 1.29 is 4.79 Å². The van der Waals surface area contributed by atoms with Crippen molar-refractivity contribution in [2.45, 2.75) is 34.6 Å². The van der Waals surface area contributed by atoms with Crippen LogP contribution in [0.5, 0.6) is 0 Å². The van der Waals surface area contributed by atoms with Crippen molar-refractivity contribution in [1.82, 2.24) is 4.98 Å². The molecule has 1 heterocycles. The maximum Gasteiger partial charge on any atom is 0.266 e. The van der Waals surface area contributed by atoms with Gasteiger partial charge in [0.2, 0.25) is 0 Å². The highest BCUT2D eigenvalue weighted by molar-refractivity contribution is 7.07. The van der Waals surface area contributed by atoms with E-state index in [1.54, 1.807) is 0 Å². The zero-order valence-electron chi connectivity index (χ0n) is 13.6. The number of aromatic amines is 1. The highest BCUT2D eigenvalue weighted by Gasteiger charge is 2.18. The Kier molecular flexibility index (Phi) is 4.52. The lowest BCUT2D eigenvalue weighted by atomic mass is 9.91. The molecule has 0 unspecified atom stereocenters. The van der Waals surface area contributed by atoms with E-state index in [0.29, 0.717) is 9.20 Å². The molecule has 4 heteroatoms. The van der Waals surface area contributed by atoms with Crippen LogP contribution < -0.4 is 14.8 Å². The minimum atomic E-state index is -0.446. The molecule has 0 atom stereocenters. The Labute approximate surface area is 134 Å². The molecule has 3 nitrogen and oxygen atoms in total. The van der Waals surface area contributed by atoms with E-state index in [4.69, 9.17) is 0 Å². The molecule has 0 bridgehead atoms. The van der Waals surface area contributed by atoms with Crippen LogP contribution in [0.4, 0.5) is 0 Å². The van der Waals surface area contributed by atoms with E-state index < -0.39 is 5.41 Å². The van der Waals surface area contributed by atoms with Gasteiger partial charge in [-0.05, 0) is 36.6 Å². The second-order valence-corrected chi connectivity index (χ2v) is 7.62. The summed E-state index contributed by atoms with van der Waals surface area (Å²) in [7, 11) is 0. The Hall–Kier alpha value is -1.94. The first-order valence-electron chi connectivity index (χ1n) is 7.21. The number of thiazole rings is 1. The molecule has 0 fully saturated rings. The summed E-state index contributed by atoms with van der Waals surface area (Å²) in [6.45, 7) is 9.69. The van der Waals surface area contributed by atoms with Crippen LogP contribution in [-0.4, -0.2) is 10.8 Å². The van der Waals surface area contributed by atoms with Crippen LogP contribution in [0.2, 0.25) is 0 Å². The molecule has 2 aromatic rings. The molecule has 0 aliphatic rings. The predicted octanol–water partition coefficient (Wildman–Crippen LogP) is 2.28. The van der Waals surface area contributed by atoms with Gasteiger partial charge in [-0.2, -0.15) is 0 Å². The molecular weight excluding hydrogens is 294 g/mol. The summed E-state index contributed by atoms with van der Waals surface area (Å²) in [5.41, 5.74) is 2.80. The number of benzene rings is 1. The number of rotatable bonds is 2. The third kappa shape index (κ3) is 3.83. The third-order valence-corrected chi connectivity index (χ3v) is 4.47. The summed E-state index contributed by atoms with van der Waals surface area (Å²) >= 11 is 1.31. The number of hydrogen-bond acceptors (Lipinski definition) is 3. The molecule has 22 heavy (non-hydrogen) atoms. The van der Waals surface area contributed by atoms with Crippen LogP contribution in [0.15, 0.2) is 23.0 Å². The quantitative estimate of drug-likeness (QED) is 0.924. The van der Waals surface area contributed by atoms with Crippen molar-refractivity contribution in [3.05, 3.63) is 54.4 Å². The Morgan fingerprint density at radius 2 is 1.86 bits per heavy atom. The van der Waals surface area contributed by atoms with Crippen molar-refractivity contribution in [3.8, 4) is 0 Å². The van der Waals surface area contributed by atoms with E-state index in [2.05, 4.69) is 18.0 Å². The van der Waals surface area contributed by atoms with Gasteiger partial charge in [-0.15, -0.1) is 11.3 Å². The first-order chi connectivity index (χ1) is 10.2. The van der Waals surface area contributed by atoms with Crippen LogP contribution in [0.1, 0.15) is 37.5 Å². The zero-order valence-corrected chi connectivity index (χ0v) is 14.4. The monoisotopic (exact) mass is 315 g/mol. The molecule has 0 aliphatic carbocycles. The molecule has 0 spiro atoms. The Bertz CT molecular complexity index is 879. The average molecular weight is 315 g/mol. The first kappa shape index (κ1) is 16.4. The Morgan fingerprint density at radius 3 is 2.45 bits per heavy atom. The van der Waals surface area contributed by atoms with E-state index in [1.807, 2.05) is 45.9 Å². The summed E-state index contributed by atoms with van der Waals surface area (Å²) in [5.74, 6) is 0.00253. The van der Waals surface area contributed by atoms with Gasteiger partial charge in [-0.25, -0.2) is 0 Å². The van der Waals surface area contributed by atoms with Crippen molar-refractivity contribution in [3.63, 3.8) is 0 Å².